The zero-order valence-electron chi connectivity index (χ0n) is 30.7. The number of hydrogen-bond acceptors (Lipinski definition) is 7. The summed E-state index contributed by atoms with van der Waals surface area (Å²) in [5.74, 6) is 7.92. The van der Waals surface area contributed by atoms with Gasteiger partial charge in [-0.2, -0.15) is 0 Å². The molecule has 2 aromatic heterocycles. The van der Waals surface area contributed by atoms with Crippen LogP contribution in [0.25, 0.3) is 22.5 Å². The Kier molecular flexibility index (Phi) is 10.4. The molecular formula is C43H43N7O5. The molecule has 5 aromatic rings. The van der Waals surface area contributed by atoms with Crippen molar-refractivity contribution in [1.29, 1.82) is 0 Å². The van der Waals surface area contributed by atoms with Crippen molar-refractivity contribution in [1.82, 2.24) is 35.1 Å². The highest BCUT2D eigenvalue weighted by atomic mass is 16.5. The number of amides is 3. The first-order chi connectivity index (χ1) is 26.9. The number of ether oxygens (including phenoxy) is 2. The number of rotatable bonds is 8. The van der Waals surface area contributed by atoms with Gasteiger partial charge in [0.2, 0.25) is 0 Å². The molecule has 8 rings (SSSR count). The van der Waals surface area contributed by atoms with E-state index in [-0.39, 0.29) is 30.0 Å². The number of benzene rings is 3. The molecule has 3 saturated heterocycles. The monoisotopic (exact) mass is 737 g/mol. The lowest BCUT2D eigenvalue weighted by Gasteiger charge is -2.28. The molecule has 280 valence electrons. The molecule has 12 nitrogen and oxygen atoms in total. The molecule has 0 spiro atoms. The lowest BCUT2D eigenvalue weighted by atomic mass is 10.1. The van der Waals surface area contributed by atoms with E-state index in [0.717, 1.165) is 84.5 Å². The Balaban J connectivity index is 0.901. The number of methoxy groups -OCH3 is 1. The van der Waals surface area contributed by atoms with Gasteiger partial charge < -0.3 is 34.6 Å². The molecular weight excluding hydrogens is 695 g/mol. The molecule has 3 aliphatic rings. The number of H-pyrrole nitrogens is 2. The Morgan fingerprint density at radius 2 is 1.33 bits per heavy atom. The second-order valence-electron chi connectivity index (χ2n) is 14.1. The van der Waals surface area contributed by atoms with Gasteiger partial charge in [0.1, 0.15) is 23.8 Å². The topological polar surface area (TPSA) is 146 Å². The normalized spacial score (nSPS) is 19.8. The number of alkyl carbamates (subject to hydrolysis) is 1. The van der Waals surface area contributed by atoms with Gasteiger partial charge >= 0.3 is 6.09 Å². The number of imidazole rings is 2. The average Bonchev–Trinajstić information content (AvgIpc) is 4.09. The van der Waals surface area contributed by atoms with Crippen molar-refractivity contribution < 1.29 is 23.9 Å². The molecule has 0 unspecified atom stereocenters. The van der Waals surface area contributed by atoms with Crippen LogP contribution >= 0.6 is 0 Å². The van der Waals surface area contributed by atoms with Crippen molar-refractivity contribution in [3.05, 3.63) is 120 Å². The summed E-state index contributed by atoms with van der Waals surface area (Å²) in [6.07, 6.45) is 7.80. The molecule has 3 N–H and O–H groups in total. The smallest absolute Gasteiger partial charge is 0.407 e. The molecule has 0 aliphatic carbocycles. The van der Waals surface area contributed by atoms with Crippen molar-refractivity contribution in [2.45, 2.75) is 62.8 Å². The van der Waals surface area contributed by atoms with E-state index in [0.29, 0.717) is 24.5 Å². The fraction of sp³-hybridized carbons (Fsp3) is 0.326. The SMILES string of the molecule is COC(=O)N[C@@H](C(=O)N1CCC[C@H]1c1ncc(-c2ccc(C#Cc3ccc(-c4cnc([C@@H]5CCCN5C(=O)[C@H]5CCCO5)[nH]4)cc3)cc2)[nH]1)c1ccccc1. The second-order valence-corrected chi connectivity index (χ2v) is 14.1. The average molecular weight is 738 g/mol. The number of carbonyl (C=O) groups is 3. The molecule has 3 amide bonds. The van der Waals surface area contributed by atoms with E-state index in [9.17, 15) is 14.4 Å². The number of aromatic amines is 2. The van der Waals surface area contributed by atoms with E-state index in [1.165, 1.54) is 7.11 Å². The Bertz CT molecular complexity index is 2200. The van der Waals surface area contributed by atoms with E-state index >= 15 is 0 Å². The van der Waals surface area contributed by atoms with Crippen LogP contribution in [0.4, 0.5) is 4.79 Å². The van der Waals surface area contributed by atoms with Gasteiger partial charge in [0.15, 0.2) is 0 Å². The number of carbonyl (C=O) groups excluding carboxylic acids is 3. The second kappa shape index (κ2) is 16.0. The van der Waals surface area contributed by atoms with Crippen LogP contribution < -0.4 is 5.32 Å². The summed E-state index contributed by atoms with van der Waals surface area (Å²) in [7, 11) is 1.28. The largest absolute Gasteiger partial charge is 0.453 e. The Morgan fingerprint density at radius 3 is 1.87 bits per heavy atom. The van der Waals surface area contributed by atoms with E-state index in [1.54, 1.807) is 11.1 Å². The highest BCUT2D eigenvalue weighted by Gasteiger charge is 2.38. The zero-order chi connectivity index (χ0) is 37.7. The van der Waals surface area contributed by atoms with Crippen LogP contribution in [0.3, 0.4) is 0 Å². The molecule has 0 saturated carbocycles. The van der Waals surface area contributed by atoms with Gasteiger partial charge in [0.25, 0.3) is 11.8 Å². The predicted molar refractivity (Wildman–Crippen MR) is 205 cm³/mol. The van der Waals surface area contributed by atoms with Gasteiger partial charge in [0.05, 0.1) is 43.0 Å². The van der Waals surface area contributed by atoms with Crippen LogP contribution in [0, 0.1) is 11.8 Å². The summed E-state index contributed by atoms with van der Waals surface area (Å²) in [6.45, 7) is 1.95. The fourth-order valence-electron chi connectivity index (χ4n) is 7.78. The highest BCUT2D eigenvalue weighted by molar-refractivity contribution is 5.87. The lowest BCUT2D eigenvalue weighted by Crippen LogP contribution is -2.42. The molecule has 12 heteroatoms. The maximum atomic E-state index is 13.8. The summed E-state index contributed by atoms with van der Waals surface area (Å²) in [5, 5.41) is 2.71. The summed E-state index contributed by atoms with van der Waals surface area (Å²) >= 11 is 0. The molecule has 3 fully saturated rings. The minimum absolute atomic E-state index is 0.0536. The zero-order valence-corrected chi connectivity index (χ0v) is 30.7. The van der Waals surface area contributed by atoms with Crippen molar-refractivity contribution in [2.75, 3.05) is 26.8 Å². The van der Waals surface area contributed by atoms with Crippen LogP contribution in [0.5, 0.6) is 0 Å². The molecule has 5 heterocycles. The molecule has 55 heavy (non-hydrogen) atoms. The van der Waals surface area contributed by atoms with Crippen molar-refractivity contribution in [3.63, 3.8) is 0 Å². The number of likely N-dealkylation sites (tertiary alicyclic amines) is 2. The fourth-order valence-corrected chi connectivity index (χ4v) is 7.78. The van der Waals surface area contributed by atoms with Gasteiger partial charge in [-0.15, -0.1) is 0 Å². The van der Waals surface area contributed by atoms with Gasteiger partial charge in [-0.05, 0) is 79.5 Å². The van der Waals surface area contributed by atoms with Crippen molar-refractivity contribution in [3.8, 4) is 34.4 Å². The van der Waals surface area contributed by atoms with Crippen LogP contribution in [0.1, 0.15) is 85.0 Å². The first kappa shape index (κ1) is 35.8. The van der Waals surface area contributed by atoms with Crippen LogP contribution in [0.15, 0.2) is 91.3 Å². The van der Waals surface area contributed by atoms with Gasteiger partial charge in [-0.1, -0.05) is 66.4 Å². The van der Waals surface area contributed by atoms with Crippen LogP contribution in [-0.4, -0.2) is 80.6 Å². The summed E-state index contributed by atoms with van der Waals surface area (Å²) in [4.78, 5) is 59.0. The highest BCUT2D eigenvalue weighted by Crippen LogP contribution is 2.35. The molecule has 3 aliphatic heterocycles. The minimum atomic E-state index is -0.871. The van der Waals surface area contributed by atoms with E-state index in [4.69, 9.17) is 9.47 Å². The van der Waals surface area contributed by atoms with E-state index in [2.05, 4.69) is 37.1 Å². The quantitative estimate of drug-likeness (QED) is 0.155. The minimum Gasteiger partial charge on any atom is -0.453 e. The van der Waals surface area contributed by atoms with E-state index < -0.39 is 12.1 Å². The summed E-state index contributed by atoms with van der Waals surface area (Å²) in [5.41, 5.74) is 6.15. The first-order valence-corrected chi connectivity index (χ1v) is 18.9. The molecule has 4 atom stereocenters. The van der Waals surface area contributed by atoms with Gasteiger partial charge in [0, 0.05) is 30.8 Å². The standard InChI is InChI=1S/C43H43N7O5/c1-54-43(53)48-38(32-8-3-2-4-9-32)42(52)50-24-6-11-36(50)40-45-27-34(47-40)31-21-17-29(18-22-31)14-13-28-15-19-30(20-16-28)33-26-44-39(46-33)35-10-5-23-49(35)41(51)37-12-7-25-55-37/h2-4,8-9,15-22,26-27,35-38H,5-7,10-12,23-25H2,1H3,(H,44,46)(H,45,47)(H,48,53)/t35-,36-,37+,38+/m0/s1. The van der Waals surface area contributed by atoms with Crippen molar-refractivity contribution in [2.24, 2.45) is 0 Å². The number of nitrogens with zero attached hydrogens (tertiary/aromatic N) is 4. The molecule has 0 bridgehead atoms. The van der Waals surface area contributed by atoms with Gasteiger partial charge in [-0.25, -0.2) is 14.8 Å². The van der Waals surface area contributed by atoms with Gasteiger partial charge in [-0.3, -0.25) is 9.59 Å². The number of nitrogens with one attached hydrogen (secondary N) is 3. The molecule has 0 radical (unpaired) electrons. The molecule has 3 aromatic carbocycles. The summed E-state index contributed by atoms with van der Waals surface area (Å²) in [6, 6.07) is 24.0. The summed E-state index contributed by atoms with van der Waals surface area (Å²) < 4.78 is 10.5. The van der Waals surface area contributed by atoms with E-state index in [1.807, 2.05) is 90.0 Å². The number of aromatic nitrogens is 4. The van der Waals surface area contributed by atoms with Crippen molar-refractivity contribution >= 4 is 17.9 Å². The maximum absolute atomic E-state index is 13.8. The van der Waals surface area contributed by atoms with Crippen LogP contribution in [-0.2, 0) is 19.1 Å². The third-order valence-electron chi connectivity index (χ3n) is 10.7. The third-order valence-corrected chi connectivity index (χ3v) is 10.7. The van der Waals surface area contributed by atoms with Crippen LogP contribution in [0.2, 0.25) is 0 Å². The number of hydrogen-bond donors (Lipinski definition) is 3. The maximum Gasteiger partial charge on any atom is 0.407 e. The third kappa shape index (κ3) is 7.75. The Hall–Kier alpha value is -6.19. The Labute approximate surface area is 319 Å². The first-order valence-electron chi connectivity index (χ1n) is 18.9. The predicted octanol–water partition coefficient (Wildman–Crippen LogP) is 6.47. The Morgan fingerprint density at radius 1 is 0.764 bits per heavy atom. The lowest BCUT2D eigenvalue weighted by molar-refractivity contribution is -0.142.